The van der Waals surface area contributed by atoms with E-state index < -0.39 is 37.7 Å². The molecule has 0 spiro atoms. The van der Waals surface area contributed by atoms with Crippen molar-refractivity contribution in [2.75, 3.05) is 33.0 Å². The molecule has 7 nitrogen and oxygen atoms in total. The number of hydrogen-bond acceptors (Lipinski definition) is 6. The second kappa shape index (κ2) is 6.68. The molecule has 0 saturated heterocycles. The number of rotatable bonds is 8. The van der Waals surface area contributed by atoms with Crippen LogP contribution < -0.4 is 5.48 Å². The summed E-state index contributed by atoms with van der Waals surface area (Å²) in [7, 11) is 0. The van der Waals surface area contributed by atoms with Gasteiger partial charge in [0.25, 0.3) is 0 Å². The van der Waals surface area contributed by atoms with Crippen molar-refractivity contribution in [2.45, 2.75) is 0 Å². The molecule has 0 fully saturated rings. The number of nitrogens with one attached hydrogen (secondary N) is 1. The SMILES string of the molecule is O=C(O)CNOCC(CO)(CO)CO. The molecule has 0 aliphatic rings. The van der Waals surface area contributed by atoms with Crippen molar-refractivity contribution >= 4 is 5.97 Å². The minimum Gasteiger partial charge on any atom is -0.480 e. The number of hydrogen-bond donors (Lipinski definition) is 5. The van der Waals surface area contributed by atoms with Crippen molar-refractivity contribution in [3.63, 3.8) is 0 Å². The Balaban J connectivity index is 3.77. The van der Waals surface area contributed by atoms with Gasteiger partial charge in [-0.05, 0) is 0 Å². The average molecular weight is 209 g/mol. The highest BCUT2D eigenvalue weighted by molar-refractivity contribution is 5.68. The number of carboxylic acids is 1. The highest BCUT2D eigenvalue weighted by Crippen LogP contribution is 2.13. The first kappa shape index (κ1) is 13.3. The van der Waals surface area contributed by atoms with Gasteiger partial charge in [0.2, 0.25) is 0 Å². The van der Waals surface area contributed by atoms with Gasteiger partial charge in [-0.25, -0.2) is 0 Å². The van der Waals surface area contributed by atoms with Gasteiger partial charge >= 0.3 is 5.97 Å². The molecule has 0 aliphatic heterocycles. The predicted octanol–water partition coefficient (Wildman–Crippen LogP) is -2.44. The molecule has 0 aromatic rings. The molecule has 5 N–H and O–H groups in total. The summed E-state index contributed by atoms with van der Waals surface area (Å²) in [5.74, 6) is -1.09. The van der Waals surface area contributed by atoms with E-state index in [1.165, 1.54) is 0 Å². The van der Waals surface area contributed by atoms with Crippen LogP contribution in [0, 0.1) is 5.41 Å². The van der Waals surface area contributed by atoms with Gasteiger partial charge in [0.05, 0.1) is 31.8 Å². The molecule has 84 valence electrons. The number of aliphatic hydroxyl groups excluding tert-OH is 3. The molecule has 0 aromatic carbocycles. The minimum atomic E-state index is -1.15. The molecule has 0 saturated carbocycles. The van der Waals surface area contributed by atoms with Crippen LogP contribution in [-0.4, -0.2) is 59.4 Å². The maximum absolute atomic E-state index is 10.0. The zero-order valence-corrected chi connectivity index (χ0v) is 7.64. The molecule has 0 unspecified atom stereocenters. The Hall–Kier alpha value is -0.730. The van der Waals surface area contributed by atoms with Crippen LogP contribution in [0.1, 0.15) is 0 Å². The summed E-state index contributed by atoms with van der Waals surface area (Å²) in [6, 6.07) is 0. The fourth-order valence-corrected chi connectivity index (χ4v) is 0.604. The lowest BCUT2D eigenvalue weighted by molar-refractivity contribution is -0.141. The van der Waals surface area contributed by atoms with Crippen molar-refractivity contribution in [1.29, 1.82) is 0 Å². The number of carboxylic acid groups (broad SMARTS) is 1. The van der Waals surface area contributed by atoms with Crippen molar-refractivity contribution in [1.82, 2.24) is 5.48 Å². The van der Waals surface area contributed by atoms with E-state index in [1.54, 1.807) is 0 Å². The van der Waals surface area contributed by atoms with Gasteiger partial charge in [-0.2, -0.15) is 5.48 Å². The van der Waals surface area contributed by atoms with E-state index in [4.69, 9.17) is 20.4 Å². The Labute approximate surface area is 80.9 Å². The van der Waals surface area contributed by atoms with E-state index in [-0.39, 0.29) is 6.61 Å². The lowest BCUT2D eigenvalue weighted by Gasteiger charge is -2.26. The van der Waals surface area contributed by atoms with Crippen LogP contribution in [0.25, 0.3) is 0 Å². The first-order valence-electron chi connectivity index (χ1n) is 3.99. The molecule has 0 radical (unpaired) electrons. The minimum absolute atomic E-state index is 0.177. The Morgan fingerprint density at radius 3 is 2.07 bits per heavy atom. The summed E-state index contributed by atoms with van der Waals surface area (Å²) in [5.41, 5.74) is 0.963. The first-order valence-corrected chi connectivity index (χ1v) is 3.99. The van der Waals surface area contributed by atoms with Crippen molar-refractivity contribution in [3.05, 3.63) is 0 Å². The molecule has 7 heteroatoms. The average Bonchev–Trinajstić information content (AvgIpc) is 2.19. The van der Waals surface area contributed by atoms with Crippen molar-refractivity contribution < 1.29 is 30.1 Å². The number of aliphatic hydroxyl groups is 3. The highest BCUT2D eigenvalue weighted by Gasteiger charge is 2.28. The van der Waals surface area contributed by atoms with Gasteiger partial charge in [-0.3, -0.25) is 4.79 Å². The molecular weight excluding hydrogens is 194 g/mol. The molecule has 0 rings (SSSR count). The molecule has 0 aliphatic carbocycles. The van der Waals surface area contributed by atoms with Crippen LogP contribution in [0.5, 0.6) is 0 Å². The monoisotopic (exact) mass is 209 g/mol. The van der Waals surface area contributed by atoms with Crippen LogP contribution in [0.3, 0.4) is 0 Å². The third-order valence-corrected chi connectivity index (χ3v) is 1.71. The summed E-state index contributed by atoms with van der Waals surface area (Å²) in [4.78, 5) is 14.7. The molecule has 14 heavy (non-hydrogen) atoms. The van der Waals surface area contributed by atoms with E-state index >= 15 is 0 Å². The third-order valence-electron chi connectivity index (χ3n) is 1.71. The Morgan fingerprint density at radius 1 is 1.21 bits per heavy atom. The van der Waals surface area contributed by atoms with E-state index in [2.05, 4.69) is 10.3 Å². The van der Waals surface area contributed by atoms with Crippen molar-refractivity contribution in [2.24, 2.45) is 5.41 Å². The predicted molar refractivity (Wildman–Crippen MR) is 45.3 cm³/mol. The standard InChI is InChI=1S/C7H15NO6/c9-2-7(3-10,4-11)5-14-8-1-6(12)13/h8-11H,1-5H2,(H,12,13). The van der Waals surface area contributed by atoms with Crippen LogP contribution in [-0.2, 0) is 9.63 Å². The van der Waals surface area contributed by atoms with Crippen LogP contribution in [0.2, 0.25) is 0 Å². The lowest BCUT2D eigenvalue weighted by Crippen LogP contribution is -2.41. The normalized spacial score (nSPS) is 11.6. The van der Waals surface area contributed by atoms with Gasteiger partial charge in [0, 0.05) is 0 Å². The van der Waals surface area contributed by atoms with Gasteiger partial charge in [-0.1, -0.05) is 0 Å². The molecular formula is C7H15NO6. The second-order valence-electron chi connectivity index (χ2n) is 2.98. The topological polar surface area (TPSA) is 119 Å². The van der Waals surface area contributed by atoms with Gasteiger partial charge in [-0.15, -0.1) is 0 Å². The van der Waals surface area contributed by atoms with Crippen LogP contribution in [0.15, 0.2) is 0 Å². The summed E-state index contributed by atoms with van der Waals surface area (Å²) >= 11 is 0. The van der Waals surface area contributed by atoms with Crippen molar-refractivity contribution in [3.8, 4) is 0 Å². The summed E-state index contributed by atoms with van der Waals surface area (Å²) in [5, 5.41) is 34.7. The molecule has 0 heterocycles. The largest absolute Gasteiger partial charge is 0.480 e. The van der Waals surface area contributed by atoms with E-state index in [1.807, 2.05) is 0 Å². The maximum Gasteiger partial charge on any atom is 0.319 e. The number of hydroxylamine groups is 1. The van der Waals surface area contributed by atoms with Gasteiger partial charge in [0.15, 0.2) is 0 Å². The van der Waals surface area contributed by atoms with E-state index in [0.29, 0.717) is 0 Å². The molecule has 0 atom stereocenters. The lowest BCUT2D eigenvalue weighted by atomic mass is 9.93. The Morgan fingerprint density at radius 2 is 1.71 bits per heavy atom. The highest BCUT2D eigenvalue weighted by atomic mass is 16.6. The first-order chi connectivity index (χ1) is 6.60. The number of aliphatic carboxylic acids is 1. The second-order valence-corrected chi connectivity index (χ2v) is 2.98. The summed E-state index contributed by atoms with van der Waals surface area (Å²) in [6.07, 6.45) is 0. The molecule has 0 bridgehead atoms. The fraction of sp³-hybridized carbons (Fsp3) is 0.857. The van der Waals surface area contributed by atoms with Crippen LogP contribution in [0.4, 0.5) is 0 Å². The van der Waals surface area contributed by atoms with Crippen LogP contribution >= 0.6 is 0 Å². The maximum atomic E-state index is 10.0. The van der Waals surface area contributed by atoms with Gasteiger partial charge < -0.3 is 25.3 Å². The zero-order chi connectivity index (χ0) is 11.0. The smallest absolute Gasteiger partial charge is 0.319 e. The van der Waals surface area contributed by atoms with E-state index in [0.717, 1.165) is 0 Å². The van der Waals surface area contributed by atoms with E-state index in [9.17, 15) is 4.79 Å². The fourth-order valence-electron chi connectivity index (χ4n) is 0.604. The molecule has 0 amide bonds. The third kappa shape index (κ3) is 4.49. The summed E-state index contributed by atoms with van der Waals surface area (Å²) in [6.45, 7) is -1.92. The van der Waals surface area contributed by atoms with Gasteiger partial charge in [0.1, 0.15) is 6.54 Å². The Kier molecular flexibility index (Phi) is 6.34. The Bertz CT molecular complexity index is 161. The zero-order valence-electron chi connectivity index (χ0n) is 7.64. The quantitative estimate of drug-likeness (QED) is 0.222. The molecule has 0 aromatic heterocycles. The summed E-state index contributed by atoms with van der Waals surface area (Å²) < 4.78 is 0. The number of carbonyl (C=O) groups is 1.